The molecule has 0 saturated carbocycles. The Morgan fingerprint density at radius 3 is 1.00 bits per heavy atom. The maximum absolute atomic E-state index is 12.8. The Morgan fingerprint density at radius 1 is 0.333 bits per heavy atom. The number of allylic oxidation sites excluding steroid dienone is 10. The largest absolute Gasteiger partial charge is 0.462 e. The van der Waals surface area contributed by atoms with E-state index in [1.807, 2.05) is 0 Å². The molecule has 0 rings (SSSR count). The highest BCUT2D eigenvalue weighted by molar-refractivity contribution is 5.71. The van der Waals surface area contributed by atoms with E-state index in [0.29, 0.717) is 19.3 Å². The first-order valence-electron chi connectivity index (χ1n) is 26.8. The van der Waals surface area contributed by atoms with Crippen LogP contribution in [0.4, 0.5) is 0 Å². The van der Waals surface area contributed by atoms with E-state index in [0.717, 1.165) is 103 Å². The molecule has 0 aliphatic rings. The molecule has 1 unspecified atom stereocenters. The molecule has 0 aromatic rings. The number of hydrogen-bond acceptors (Lipinski definition) is 6. The van der Waals surface area contributed by atoms with Crippen LogP contribution in [-0.4, -0.2) is 37.2 Å². The van der Waals surface area contributed by atoms with E-state index in [1.54, 1.807) is 0 Å². The minimum absolute atomic E-state index is 0.0891. The van der Waals surface area contributed by atoms with Gasteiger partial charge in [0.15, 0.2) is 6.10 Å². The van der Waals surface area contributed by atoms with Gasteiger partial charge < -0.3 is 14.2 Å². The lowest BCUT2D eigenvalue weighted by Crippen LogP contribution is -2.30. The molecule has 0 aromatic heterocycles. The predicted octanol–water partition coefficient (Wildman–Crippen LogP) is 17.6. The molecule has 0 bridgehead atoms. The van der Waals surface area contributed by atoms with Gasteiger partial charge in [-0.1, -0.05) is 223 Å². The van der Waals surface area contributed by atoms with Crippen LogP contribution in [0.5, 0.6) is 0 Å². The molecule has 0 N–H and O–H groups in total. The van der Waals surface area contributed by atoms with Crippen LogP contribution < -0.4 is 0 Å². The molecule has 0 aliphatic carbocycles. The van der Waals surface area contributed by atoms with Crippen LogP contribution in [0.25, 0.3) is 0 Å². The molecule has 0 spiro atoms. The monoisotopic (exact) mass is 881 g/mol. The van der Waals surface area contributed by atoms with Gasteiger partial charge in [-0.15, -0.1) is 0 Å². The van der Waals surface area contributed by atoms with Gasteiger partial charge in [0.2, 0.25) is 0 Å². The van der Waals surface area contributed by atoms with Crippen LogP contribution in [0.1, 0.15) is 265 Å². The normalized spacial score (nSPS) is 12.5. The van der Waals surface area contributed by atoms with Gasteiger partial charge >= 0.3 is 17.9 Å². The number of hydrogen-bond donors (Lipinski definition) is 0. The fourth-order valence-electron chi connectivity index (χ4n) is 7.49. The quantitative estimate of drug-likeness (QED) is 0.0262. The van der Waals surface area contributed by atoms with Crippen molar-refractivity contribution in [1.82, 2.24) is 0 Å². The summed E-state index contributed by atoms with van der Waals surface area (Å²) in [6, 6.07) is 0. The van der Waals surface area contributed by atoms with Crippen molar-refractivity contribution >= 4 is 17.9 Å². The minimum Gasteiger partial charge on any atom is -0.462 e. The molecule has 0 fully saturated rings. The van der Waals surface area contributed by atoms with Gasteiger partial charge in [-0.05, 0) is 83.5 Å². The Labute approximate surface area is 390 Å². The average molecular weight is 881 g/mol. The van der Waals surface area contributed by atoms with Gasteiger partial charge in [0.05, 0.1) is 0 Å². The third-order valence-corrected chi connectivity index (χ3v) is 11.5. The molecule has 6 nitrogen and oxygen atoms in total. The molecule has 0 amide bonds. The molecule has 0 heterocycles. The highest BCUT2D eigenvalue weighted by Gasteiger charge is 2.19. The van der Waals surface area contributed by atoms with Crippen molar-refractivity contribution in [3.05, 3.63) is 60.8 Å². The Morgan fingerprint density at radius 2 is 0.619 bits per heavy atom. The second-order valence-electron chi connectivity index (χ2n) is 17.8. The van der Waals surface area contributed by atoms with Crippen LogP contribution in [0.15, 0.2) is 60.8 Å². The summed E-state index contributed by atoms with van der Waals surface area (Å²) in [4.78, 5) is 38.0. The third-order valence-electron chi connectivity index (χ3n) is 11.5. The number of carbonyl (C=O) groups excluding carboxylic acids is 3. The molecule has 364 valence electrons. The lowest BCUT2D eigenvalue weighted by atomic mass is 10.0. The Kier molecular flexibility index (Phi) is 49.4. The number of carbonyl (C=O) groups is 3. The first kappa shape index (κ1) is 60.1. The summed E-state index contributed by atoms with van der Waals surface area (Å²) in [5.74, 6) is -0.923. The van der Waals surface area contributed by atoms with Crippen molar-refractivity contribution < 1.29 is 28.6 Å². The van der Waals surface area contributed by atoms with Crippen molar-refractivity contribution in [2.24, 2.45) is 0 Å². The number of unbranched alkanes of at least 4 members (excludes halogenated alkanes) is 27. The van der Waals surface area contributed by atoms with E-state index in [-0.39, 0.29) is 31.1 Å². The fraction of sp³-hybridized carbons (Fsp3) is 0.772. The standard InChI is InChI=1S/C57H100O6/c1-4-7-10-13-16-19-22-25-27-29-32-35-38-41-44-47-50-56(59)62-53-54(52-61-55(58)49-46-43-40-37-34-31-24-21-18-15-12-9-6-3)63-57(60)51-48-45-42-39-36-33-30-28-26-23-20-17-14-11-8-5-2/h9,12,18-19,21-22,27,29,31,34,54H,4-8,10-11,13-17,20,23-26,28,30,32-33,35-53H2,1-3H3/b12-9-,21-18-,22-19-,29-27-,34-31-. The smallest absolute Gasteiger partial charge is 0.306 e. The van der Waals surface area contributed by atoms with E-state index in [2.05, 4.69) is 81.5 Å². The van der Waals surface area contributed by atoms with Crippen LogP contribution in [0, 0.1) is 0 Å². The number of rotatable bonds is 48. The van der Waals surface area contributed by atoms with E-state index in [9.17, 15) is 14.4 Å². The molecule has 0 saturated heterocycles. The molecule has 1 atom stereocenters. The maximum Gasteiger partial charge on any atom is 0.306 e. The zero-order valence-electron chi connectivity index (χ0n) is 41.6. The summed E-state index contributed by atoms with van der Waals surface area (Å²) in [6.07, 6.45) is 63.5. The highest BCUT2D eigenvalue weighted by Crippen LogP contribution is 2.15. The van der Waals surface area contributed by atoms with E-state index >= 15 is 0 Å². The second-order valence-corrected chi connectivity index (χ2v) is 17.8. The topological polar surface area (TPSA) is 78.9 Å². The van der Waals surface area contributed by atoms with Crippen molar-refractivity contribution in [3.8, 4) is 0 Å². The van der Waals surface area contributed by atoms with E-state index < -0.39 is 6.10 Å². The zero-order chi connectivity index (χ0) is 45.8. The minimum atomic E-state index is -0.789. The first-order valence-corrected chi connectivity index (χ1v) is 26.8. The molecule has 0 aliphatic heterocycles. The Bertz CT molecular complexity index is 1150. The molecular formula is C57H100O6. The molecule has 0 aromatic carbocycles. The maximum atomic E-state index is 12.8. The van der Waals surface area contributed by atoms with E-state index in [4.69, 9.17) is 14.2 Å². The first-order chi connectivity index (χ1) is 31.0. The SMILES string of the molecule is CC/C=C\C/C=C\C/C=C\CCCCCC(=O)OCC(COC(=O)CCCCCCC/C=C\C/C=C\CCCCCC)OC(=O)CCCCCCCCCCCCCCCCCC. The van der Waals surface area contributed by atoms with Gasteiger partial charge in [-0.3, -0.25) is 14.4 Å². The molecule has 63 heavy (non-hydrogen) atoms. The van der Waals surface area contributed by atoms with Crippen molar-refractivity contribution in [2.75, 3.05) is 13.2 Å². The van der Waals surface area contributed by atoms with Crippen LogP contribution in [-0.2, 0) is 28.6 Å². The number of esters is 3. The molecular weight excluding hydrogens is 781 g/mol. The zero-order valence-corrected chi connectivity index (χ0v) is 41.6. The molecule has 0 radical (unpaired) electrons. The van der Waals surface area contributed by atoms with E-state index in [1.165, 1.54) is 122 Å². The van der Waals surface area contributed by atoms with Crippen LogP contribution in [0.2, 0.25) is 0 Å². The molecule has 6 heteroatoms. The second kappa shape index (κ2) is 51.7. The fourth-order valence-corrected chi connectivity index (χ4v) is 7.49. The van der Waals surface area contributed by atoms with Crippen molar-refractivity contribution in [1.29, 1.82) is 0 Å². The highest BCUT2D eigenvalue weighted by atomic mass is 16.6. The average Bonchev–Trinajstić information content (AvgIpc) is 3.28. The number of ether oxygens (including phenoxy) is 3. The summed E-state index contributed by atoms with van der Waals surface area (Å²) in [7, 11) is 0. The van der Waals surface area contributed by atoms with Crippen LogP contribution >= 0.6 is 0 Å². The van der Waals surface area contributed by atoms with Gasteiger partial charge in [0.1, 0.15) is 13.2 Å². The summed E-state index contributed by atoms with van der Waals surface area (Å²) in [6.45, 7) is 6.49. The van der Waals surface area contributed by atoms with Gasteiger partial charge in [0.25, 0.3) is 0 Å². The summed E-state index contributed by atoms with van der Waals surface area (Å²) in [5, 5.41) is 0. The van der Waals surface area contributed by atoms with Crippen molar-refractivity contribution in [3.63, 3.8) is 0 Å². The third kappa shape index (κ3) is 50.0. The Balaban J connectivity index is 4.41. The van der Waals surface area contributed by atoms with Crippen LogP contribution in [0.3, 0.4) is 0 Å². The van der Waals surface area contributed by atoms with Gasteiger partial charge in [-0.2, -0.15) is 0 Å². The lowest BCUT2D eigenvalue weighted by molar-refractivity contribution is -0.167. The summed E-state index contributed by atoms with van der Waals surface area (Å²) >= 11 is 0. The van der Waals surface area contributed by atoms with Crippen molar-refractivity contribution in [2.45, 2.75) is 271 Å². The van der Waals surface area contributed by atoms with Gasteiger partial charge in [0, 0.05) is 19.3 Å². The summed E-state index contributed by atoms with van der Waals surface area (Å²) < 4.78 is 16.8. The Hall–Kier alpha value is -2.89. The van der Waals surface area contributed by atoms with Gasteiger partial charge in [-0.25, -0.2) is 0 Å². The summed E-state index contributed by atoms with van der Waals surface area (Å²) in [5.41, 5.74) is 0. The lowest BCUT2D eigenvalue weighted by Gasteiger charge is -2.18. The predicted molar refractivity (Wildman–Crippen MR) is 270 cm³/mol.